The number of thiazole rings is 1. The number of alkyl halides is 3. The minimum absolute atomic E-state index is 0.234. The molecule has 0 spiro atoms. The molecule has 0 bridgehead atoms. The summed E-state index contributed by atoms with van der Waals surface area (Å²) in [5.41, 5.74) is 0.613. The Kier molecular flexibility index (Phi) is 5.64. The van der Waals surface area contributed by atoms with Gasteiger partial charge in [-0.15, -0.1) is 0 Å². The molecule has 0 saturated carbocycles. The maximum atomic E-state index is 12.6. The highest BCUT2D eigenvalue weighted by Gasteiger charge is 2.29. The van der Waals surface area contributed by atoms with Crippen LogP contribution in [-0.4, -0.2) is 34.9 Å². The number of rotatable bonds is 2. The maximum Gasteiger partial charge on any atom is 0.416 e. The zero-order valence-corrected chi connectivity index (χ0v) is 16.7. The number of anilines is 1. The second-order valence-electron chi connectivity index (χ2n) is 7.02. The summed E-state index contributed by atoms with van der Waals surface area (Å²) >= 11 is 1.61. The van der Waals surface area contributed by atoms with E-state index in [2.05, 4.69) is 22.1 Å². The van der Waals surface area contributed by atoms with Crippen LogP contribution >= 0.6 is 11.3 Å². The van der Waals surface area contributed by atoms with Crippen molar-refractivity contribution in [2.45, 2.75) is 25.1 Å². The zero-order valence-electron chi connectivity index (χ0n) is 15.9. The van der Waals surface area contributed by atoms with Crippen molar-refractivity contribution in [3.05, 3.63) is 59.7 Å². The molecular weight excluding hydrogens is 411 g/mol. The molecule has 8 heteroatoms. The number of para-hydroxylation sites is 1. The van der Waals surface area contributed by atoms with E-state index in [1.807, 2.05) is 24.3 Å². The normalized spacial score (nSPS) is 15.0. The summed E-state index contributed by atoms with van der Waals surface area (Å²) in [6, 6.07) is 12.7. The van der Waals surface area contributed by atoms with E-state index in [9.17, 15) is 18.0 Å². The Hall–Kier alpha value is -3.05. The molecule has 4 nitrogen and oxygen atoms in total. The van der Waals surface area contributed by atoms with E-state index in [1.54, 1.807) is 16.2 Å². The SMILES string of the molecule is O=C(C#Cc1ccc(C(F)(F)F)cc1)N1CCC(Nc2nc3ccccc3s2)CC1. The molecule has 1 amide bonds. The van der Waals surface area contributed by atoms with Crippen molar-refractivity contribution < 1.29 is 18.0 Å². The summed E-state index contributed by atoms with van der Waals surface area (Å²) in [6.45, 7) is 1.15. The summed E-state index contributed by atoms with van der Waals surface area (Å²) in [5.74, 6) is 4.88. The summed E-state index contributed by atoms with van der Waals surface area (Å²) in [5, 5.41) is 4.32. The van der Waals surface area contributed by atoms with Crippen LogP contribution in [0.2, 0.25) is 0 Å². The first-order valence-corrected chi connectivity index (χ1v) is 10.3. The molecule has 1 saturated heterocycles. The fraction of sp³-hybridized carbons (Fsp3) is 0.273. The molecule has 0 radical (unpaired) electrons. The Balaban J connectivity index is 1.31. The Morgan fingerprint density at radius 2 is 1.80 bits per heavy atom. The van der Waals surface area contributed by atoms with Gasteiger partial charge >= 0.3 is 6.18 Å². The summed E-state index contributed by atoms with van der Waals surface area (Å²) in [6.07, 6.45) is -2.82. The molecule has 1 fully saturated rings. The maximum absolute atomic E-state index is 12.6. The van der Waals surface area contributed by atoms with Crippen LogP contribution in [0.5, 0.6) is 0 Å². The van der Waals surface area contributed by atoms with Crippen LogP contribution in [0.15, 0.2) is 48.5 Å². The van der Waals surface area contributed by atoms with Crippen LogP contribution < -0.4 is 5.32 Å². The number of likely N-dealkylation sites (tertiary alicyclic amines) is 1. The average Bonchev–Trinajstić information content (AvgIpc) is 3.14. The molecule has 0 atom stereocenters. The first kappa shape index (κ1) is 20.2. The van der Waals surface area contributed by atoms with Crippen LogP contribution in [0.25, 0.3) is 10.2 Å². The topological polar surface area (TPSA) is 45.2 Å². The molecule has 154 valence electrons. The number of hydrogen-bond acceptors (Lipinski definition) is 4. The summed E-state index contributed by atoms with van der Waals surface area (Å²) in [4.78, 5) is 18.6. The second-order valence-corrected chi connectivity index (χ2v) is 8.05. The molecule has 0 unspecified atom stereocenters. The number of hydrogen-bond donors (Lipinski definition) is 1. The molecule has 1 aliphatic rings. The van der Waals surface area contributed by atoms with Crippen LogP contribution in [0.3, 0.4) is 0 Å². The van der Waals surface area contributed by atoms with Crippen molar-refractivity contribution in [1.29, 1.82) is 0 Å². The number of benzene rings is 2. The van der Waals surface area contributed by atoms with Gasteiger partial charge in [0.15, 0.2) is 5.13 Å². The molecule has 1 aromatic heterocycles. The third kappa shape index (κ3) is 4.74. The van der Waals surface area contributed by atoms with Crippen molar-refractivity contribution in [3.8, 4) is 11.8 Å². The van der Waals surface area contributed by atoms with Gasteiger partial charge in [-0.05, 0) is 49.2 Å². The molecule has 2 aromatic carbocycles. The van der Waals surface area contributed by atoms with Crippen molar-refractivity contribution in [2.75, 3.05) is 18.4 Å². The molecular formula is C22H18F3N3OS. The van der Waals surface area contributed by atoms with Gasteiger partial charge in [-0.2, -0.15) is 13.2 Å². The standard InChI is InChI=1S/C22H18F3N3OS/c23-22(24,25)16-8-5-15(6-9-16)7-10-20(29)28-13-11-17(12-14-28)26-21-27-18-3-1-2-4-19(18)30-21/h1-6,8-9,17H,11-14H2,(H,26,27). The fourth-order valence-electron chi connectivity index (χ4n) is 3.28. The molecule has 1 N–H and O–H groups in total. The number of piperidine rings is 1. The van der Waals surface area contributed by atoms with Gasteiger partial charge in [0.2, 0.25) is 0 Å². The number of nitrogens with one attached hydrogen (secondary N) is 1. The van der Waals surface area contributed by atoms with E-state index in [0.717, 1.165) is 40.3 Å². The number of carbonyl (C=O) groups excluding carboxylic acids is 1. The second kappa shape index (κ2) is 8.36. The van der Waals surface area contributed by atoms with E-state index >= 15 is 0 Å². The minimum Gasteiger partial charge on any atom is -0.359 e. The number of amides is 1. The average molecular weight is 429 g/mol. The van der Waals surface area contributed by atoms with Gasteiger partial charge in [0.1, 0.15) is 0 Å². The first-order chi connectivity index (χ1) is 14.4. The predicted octanol–water partition coefficient (Wildman–Crippen LogP) is 4.77. The van der Waals surface area contributed by atoms with E-state index in [4.69, 9.17) is 0 Å². The van der Waals surface area contributed by atoms with E-state index in [-0.39, 0.29) is 11.9 Å². The summed E-state index contributed by atoms with van der Waals surface area (Å²) in [7, 11) is 0. The van der Waals surface area contributed by atoms with Crippen molar-refractivity contribution in [1.82, 2.24) is 9.88 Å². The Labute approximate surface area is 175 Å². The highest BCUT2D eigenvalue weighted by molar-refractivity contribution is 7.22. The first-order valence-electron chi connectivity index (χ1n) is 9.49. The van der Waals surface area contributed by atoms with E-state index in [1.165, 1.54) is 12.1 Å². The van der Waals surface area contributed by atoms with Gasteiger partial charge in [0.25, 0.3) is 5.91 Å². The third-order valence-corrected chi connectivity index (χ3v) is 5.90. The Morgan fingerprint density at radius 3 is 2.47 bits per heavy atom. The molecule has 4 rings (SSSR count). The van der Waals surface area contributed by atoms with Gasteiger partial charge in [-0.1, -0.05) is 29.4 Å². The van der Waals surface area contributed by atoms with Crippen molar-refractivity contribution >= 4 is 32.6 Å². The molecule has 30 heavy (non-hydrogen) atoms. The lowest BCUT2D eigenvalue weighted by molar-refractivity contribution is -0.137. The monoisotopic (exact) mass is 429 g/mol. The van der Waals surface area contributed by atoms with Crippen molar-refractivity contribution in [3.63, 3.8) is 0 Å². The summed E-state index contributed by atoms with van der Waals surface area (Å²) < 4.78 is 38.9. The van der Waals surface area contributed by atoms with Gasteiger partial charge in [-0.25, -0.2) is 4.98 Å². The minimum atomic E-state index is -4.38. The highest BCUT2D eigenvalue weighted by Crippen LogP contribution is 2.29. The smallest absolute Gasteiger partial charge is 0.359 e. The van der Waals surface area contributed by atoms with Gasteiger partial charge in [0, 0.05) is 30.6 Å². The lowest BCUT2D eigenvalue weighted by Gasteiger charge is -2.31. The molecule has 0 aliphatic carbocycles. The lowest BCUT2D eigenvalue weighted by Crippen LogP contribution is -2.41. The van der Waals surface area contributed by atoms with Crippen LogP contribution in [-0.2, 0) is 11.0 Å². The van der Waals surface area contributed by atoms with Crippen LogP contribution in [0.4, 0.5) is 18.3 Å². The predicted molar refractivity (Wildman–Crippen MR) is 111 cm³/mol. The molecule has 2 heterocycles. The number of nitrogens with zero attached hydrogens (tertiary/aromatic N) is 2. The quantitative estimate of drug-likeness (QED) is 0.597. The number of halogens is 3. The fourth-order valence-corrected chi connectivity index (χ4v) is 4.23. The van der Waals surface area contributed by atoms with Gasteiger partial charge in [0.05, 0.1) is 15.8 Å². The molecule has 1 aliphatic heterocycles. The van der Waals surface area contributed by atoms with Gasteiger partial charge in [-0.3, -0.25) is 4.79 Å². The van der Waals surface area contributed by atoms with Crippen molar-refractivity contribution in [2.24, 2.45) is 0 Å². The number of carbonyl (C=O) groups is 1. The van der Waals surface area contributed by atoms with E-state index < -0.39 is 11.7 Å². The van der Waals surface area contributed by atoms with Gasteiger partial charge < -0.3 is 10.2 Å². The lowest BCUT2D eigenvalue weighted by atomic mass is 10.1. The van der Waals surface area contributed by atoms with Crippen LogP contribution in [0.1, 0.15) is 24.0 Å². The third-order valence-electron chi connectivity index (χ3n) is 4.93. The number of aromatic nitrogens is 1. The zero-order chi connectivity index (χ0) is 21.1. The Bertz CT molecular complexity index is 1070. The highest BCUT2D eigenvalue weighted by atomic mass is 32.1. The number of fused-ring (bicyclic) bond motifs is 1. The Morgan fingerprint density at radius 1 is 1.10 bits per heavy atom. The van der Waals surface area contributed by atoms with Crippen LogP contribution in [0, 0.1) is 11.8 Å². The molecule has 3 aromatic rings. The largest absolute Gasteiger partial charge is 0.416 e. The van der Waals surface area contributed by atoms with E-state index in [0.29, 0.717) is 18.7 Å².